The summed E-state index contributed by atoms with van der Waals surface area (Å²) >= 11 is 0. The second kappa shape index (κ2) is 19.8. The molecule has 0 bridgehead atoms. The average molecular weight is 699 g/mol. The fourth-order valence-electron chi connectivity index (χ4n) is 5.88. The molecule has 0 radical (unpaired) electrons. The van der Waals surface area contributed by atoms with Crippen molar-refractivity contribution >= 4 is 17.9 Å². The van der Waals surface area contributed by atoms with Crippen molar-refractivity contribution < 1.29 is 42.8 Å². The summed E-state index contributed by atoms with van der Waals surface area (Å²) in [4.78, 5) is 34.9. The van der Waals surface area contributed by atoms with Gasteiger partial charge < -0.3 is 28.4 Å². The van der Waals surface area contributed by atoms with Crippen LogP contribution in [0.25, 0.3) is 0 Å². The van der Waals surface area contributed by atoms with Crippen molar-refractivity contribution in [2.24, 2.45) is 0 Å². The van der Waals surface area contributed by atoms with E-state index in [1.54, 1.807) is 0 Å². The number of carbonyl (C=O) groups excluding carboxylic acids is 3. The molecule has 0 N–H and O–H groups in total. The molecular formula is C42H50O9. The zero-order valence-electron chi connectivity index (χ0n) is 30.2. The van der Waals surface area contributed by atoms with Crippen molar-refractivity contribution in [3.05, 3.63) is 127 Å². The maximum absolute atomic E-state index is 11.8. The summed E-state index contributed by atoms with van der Waals surface area (Å²) in [5, 5.41) is 0. The first-order chi connectivity index (χ1) is 24.6. The van der Waals surface area contributed by atoms with Crippen LogP contribution in [0.1, 0.15) is 62.8 Å². The van der Waals surface area contributed by atoms with Gasteiger partial charge in [0.1, 0.15) is 56.9 Å². The van der Waals surface area contributed by atoms with Crippen molar-refractivity contribution in [3.63, 3.8) is 0 Å². The maximum atomic E-state index is 11.8. The predicted molar refractivity (Wildman–Crippen MR) is 197 cm³/mol. The Bertz CT molecular complexity index is 1660. The first kappa shape index (κ1) is 40.1. The van der Waals surface area contributed by atoms with Crippen LogP contribution in [0, 0.1) is 0 Å². The summed E-state index contributed by atoms with van der Waals surface area (Å²) in [6, 6.07) is 21.9. The second-order valence-corrected chi connectivity index (χ2v) is 12.2. The molecule has 0 amide bonds. The van der Waals surface area contributed by atoms with Crippen molar-refractivity contribution in [2.45, 2.75) is 57.8 Å². The number of esters is 3. The molecule has 0 aliphatic heterocycles. The van der Waals surface area contributed by atoms with Crippen LogP contribution in [0.2, 0.25) is 0 Å². The first-order valence-corrected chi connectivity index (χ1v) is 17.1. The Morgan fingerprint density at radius 3 is 1.51 bits per heavy atom. The Hall–Kier alpha value is -5.31. The second-order valence-electron chi connectivity index (χ2n) is 12.2. The third kappa shape index (κ3) is 10.8. The van der Waals surface area contributed by atoms with Crippen molar-refractivity contribution in [1.82, 2.24) is 0 Å². The topological polar surface area (TPSA) is 107 Å². The third-order valence-corrected chi connectivity index (χ3v) is 9.02. The van der Waals surface area contributed by atoms with Gasteiger partial charge >= 0.3 is 17.9 Å². The highest BCUT2D eigenvalue weighted by Crippen LogP contribution is 2.47. The molecule has 0 aliphatic carbocycles. The van der Waals surface area contributed by atoms with Crippen LogP contribution >= 0.6 is 0 Å². The zero-order chi connectivity index (χ0) is 37.3. The van der Waals surface area contributed by atoms with Crippen molar-refractivity contribution in [1.29, 1.82) is 0 Å². The van der Waals surface area contributed by atoms with Gasteiger partial charge in [0.15, 0.2) is 0 Å². The zero-order valence-corrected chi connectivity index (χ0v) is 30.2. The molecular weight excluding hydrogens is 648 g/mol. The minimum absolute atomic E-state index is 0.0444. The van der Waals surface area contributed by atoms with Gasteiger partial charge in [-0.15, -0.1) is 0 Å². The molecule has 0 saturated heterocycles. The van der Waals surface area contributed by atoms with Crippen molar-refractivity contribution in [2.75, 3.05) is 39.6 Å². The van der Waals surface area contributed by atoms with Crippen molar-refractivity contribution in [3.8, 4) is 17.2 Å². The lowest BCUT2D eigenvalue weighted by Crippen LogP contribution is -2.28. The molecule has 0 aromatic heterocycles. The van der Waals surface area contributed by atoms with E-state index in [1.165, 1.54) is 0 Å². The molecule has 9 heteroatoms. The molecule has 3 rings (SSSR count). The van der Waals surface area contributed by atoms with E-state index in [4.69, 9.17) is 28.4 Å². The summed E-state index contributed by atoms with van der Waals surface area (Å²) < 4.78 is 34.4. The van der Waals surface area contributed by atoms with E-state index in [9.17, 15) is 14.4 Å². The van der Waals surface area contributed by atoms with Crippen LogP contribution in [-0.4, -0.2) is 57.5 Å². The SMILES string of the molecule is C=CC(=O)OCCOc1ccccc1C(C)(CC)Cc1cccc(C(C)(CC)c2ccccc2OCCOC(=O)C=C)c1OCCOC(=O)C=C. The van der Waals surface area contributed by atoms with Crippen LogP contribution in [0.3, 0.4) is 0 Å². The molecule has 2 atom stereocenters. The summed E-state index contributed by atoms with van der Waals surface area (Å²) in [5.74, 6) is 0.528. The van der Waals surface area contributed by atoms with Gasteiger partial charge in [0, 0.05) is 45.7 Å². The lowest BCUT2D eigenvalue weighted by molar-refractivity contribution is -0.139. The van der Waals surface area contributed by atoms with Gasteiger partial charge in [0.05, 0.1) is 0 Å². The molecule has 51 heavy (non-hydrogen) atoms. The number of benzene rings is 3. The highest BCUT2D eigenvalue weighted by atomic mass is 16.6. The van der Waals surface area contributed by atoms with E-state index < -0.39 is 28.7 Å². The van der Waals surface area contributed by atoms with Gasteiger partial charge in [0.2, 0.25) is 0 Å². The van der Waals surface area contributed by atoms with Gasteiger partial charge in [0.25, 0.3) is 0 Å². The molecule has 0 fully saturated rings. The predicted octanol–water partition coefficient (Wildman–Crippen LogP) is 7.64. The number of para-hydroxylation sites is 3. The van der Waals surface area contributed by atoms with Gasteiger partial charge in [-0.2, -0.15) is 0 Å². The van der Waals surface area contributed by atoms with Gasteiger partial charge in [-0.25, -0.2) is 14.4 Å². The average Bonchev–Trinajstić information content (AvgIpc) is 3.16. The first-order valence-electron chi connectivity index (χ1n) is 17.1. The summed E-state index contributed by atoms with van der Waals surface area (Å²) in [7, 11) is 0. The summed E-state index contributed by atoms with van der Waals surface area (Å²) in [6.45, 7) is 19.6. The molecule has 3 aromatic rings. The van der Waals surface area contributed by atoms with E-state index in [0.29, 0.717) is 30.1 Å². The number of hydrogen-bond donors (Lipinski definition) is 0. The highest BCUT2D eigenvalue weighted by Gasteiger charge is 2.36. The molecule has 0 aliphatic rings. The van der Waals surface area contributed by atoms with Gasteiger partial charge in [-0.1, -0.05) is 102 Å². The van der Waals surface area contributed by atoms with E-state index in [-0.39, 0.29) is 39.6 Å². The molecule has 0 spiro atoms. The van der Waals surface area contributed by atoms with Gasteiger partial charge in [-0.3, -0.25) is 0 Å². The van der Waals surface area contributed by atoms with E-state index in [2.05, 4.69) is 65.6 Å². The Morgan fingerprint density at radius 1 is 0.569 bits per heavy atom. The maximum Gasteiger partial charge on any atom is 0.330 e. The van der Waals surface area contributed by atoms with Crippen LogP contribution in [-0.2, 0) is 45.8 Å². The van der Waals surface area contributed by atoms with E-state index in [1.807, 2.05) is 48.5 Å². The van der Waals surface area contributed by atoms with E-state index >= 15 is 0 Å². The summed E-state index contributed by atoms with van der Waals surface area (Å²) in [6.07, 6.45) is 5.43. The molecule has 2 unspecified atom stereocenters. The Balaban J connectivity index is 2.06. The van der Waals surface area contributed by atoms with E-state index in [0.717, 1.165) is 46.9 Å². The molecule has 0 saturated carbocycles. The fourth-order valence-corrected chi connectivity index (χ4v) is 5.88. The number of carbonyl (C=O) groups is 3. The smallest absolute Gasteiger partial charge is 0.330 e. The Morgan fingerprint density at radius 2 is 1.02 bits per heavy atom. The Kier molecular flexibility index (Phi) is 15.6. The highest BCUT2D eigenvalue weighted by molar-refractivity contribution is 5.81. The molecule has 9 nitrogen and oxygen atoms in total. The molecule has 3 aromatic carbocycles. The number of hydrogen-bond acceptors (Lipinski definition) is 9. The van der Waals surface area contributed by atoms with Crippen LogP contribution < -0.4 is 14.2 Å². The number of rotatable bonds is 22. The van der Waals surface area contributed by atoms with Crippen LogP contribution in [0.5, 0.6) is 17.2 Å². The summed E-state index contributed by atoms with van der Waals surface area (Å²) in [5.41, 5.74) is 2.89. The van der Waals surface area contributed by atoms with Gasteiger partial charge in [-0.05, 0) is 37.0 Å². The minimum atomic E-state index is -0.579. The lowest BCUT2D eigenvalue weighted by atomic mass is 9.71. The number of ether oxygens (including phenoxy) is 6. The van der Waals surface area contributed by atoms with Crippen LogP contribution in [0.4, 0.5) is 0 Å². The molecule has 0 heterocycles. The largest absolute Gasteiger partial charge is 0.490 e. The lowest BCUT2D eigenvalue weighted by Gasteiger charge is -2.35. The third-order valence-electron chi connectivity index (χ3n) is 9.02. The quantitative estimate of drug-likeness (QED) is 0.0453. The molecule has 272 valence electrons. The van der Waals surface area contributed by atoms with Crippen LogP contribution in [0.15, 0.2) is 105 Å². The Labute approximate surface area is 301 Å². The fraction of sp³-hybridized carbons (Fsp3) is 0.357. The normalized spacial score (nSPS) is 13.0. The minimum Gasteiger partial charge on any atom is -0.490 e. The standard InChI is InChI=1S/C42H50O9/c1-8-37(43)48-26-24-46-35-22-15-13-19-32(35)41(6,11-4)30-31-18-17-21-34(40(31)51-29-28-50-39(45)10-3)42(7,12-5)33-20-14-16-23-36(33)47-25-27-49-38(44)9-2/h8-10,13-23H,1-3,11-12,24-30H2,4-7H3. The monoisotopic (exact) mass is 698 g/mol.